The standard InChI is InChI=1S/C15H18N2/c1-10(16-2)17-15-13-7-3-5-11(13)9-12-6-4-8-14(12)15/h9,17H,1-8H2. The maximum absolute atomic E-state index is 3.88. The Kier molecular flexibility index (Phi) is 2.50. The molecule has 0 fully saturated rings. The van der Waals surface area contributed by atoms with Crippen molar-refractivity contribution in [3.05, 3.63) is 40.7 Å². The molecule has 2 aliphatic rings. The van der Waals surface area contributed by atoms with Crippen LogP contribution in [-0.4, -0.2) is 6.72 Å². The summed E-state index contributed by atoms with van der Waals surface area (Å²) in [4.78, 5) is 3.88. The molecule has 0 heterocycles. The zero-order valence-electron chi connectivity index (χ0n) is 10.2. The van der Waals surface area contributed by atoms with E-state index in [0.717, 1.165) is 0 Å². The largest absolute Gasteiger partial charge is 0.340 e. The van der Waals surface area contributed by atoms with Gasteiger partial charge in [-0.25, -0.2) is 4.99 Å². The lowest BCUT2D eigenvalue weighted by atomic mass is 9.99. The Hall–Kier alpha value is -1.57. The van der Waals surface area contributed by atoms with E-state index < -0.39 is 0 Å². The molecule has 3 rings (SSSR count). The molecule has 0 spiro atoms. The van der Waals surface area contributed by atoms with E-state index in [9.17, 15) is 0 Å². The second-order valence-electron chi connectivity index (χ2n) is 4.96. The van der Waals surface area contributed by atoms with Gasteiger partial charge in [-0.1, -0.05) is 12.6 Å². The Morgan fingerprint density at radius 3 is 2.18 bits per heavy atom. The molecular formula is C15H18N2. The second kappa shape index (κ2) is 4.02. The van der Waals surface area contributed by atoms with Crippen LogP contribution in [0, 0.1) is 0 Å². The van der Waals surface area contributed by atoms with E-state index in [2.05, 4.69) is 29.7 Å². The fourth-order valence-electron chi connectivity index (χ4n) is 3.15. The summed E-state index contributed by atoms with van der Waals surface area (Å²) in [6, 6.07) is 2.43. The highest BCUT2D eigenvalue weighted by molar-refractivity contribution is 5.68. The molecule has 0 aromatic heterocycles. The van der Waals surface area contributed by atoms with Crippen molar-refractivity contribution < 1.29 is 0 Å². The fraction of sp³-hybridized carbons (Fsp3) is 0.400. The second-order valence-corrected chi connectivity index (χ2v) is 4.96. The van der Waals surface area contributed by atoms with Gasteiger partial charge in [0.2, 0.25) is 0 Å². The van der Waals surface area contributed by atoms with Crippen LogP contribution in [0.15, 0.2) is 23.5 Å². The molecule has 2 nitrogen and oxygen atoms in total. The third-order valence-corrected chi connectivity index (χ3v) is 3.93. The Morgan fingerprint density at radius 2 is 1.65 bits per heavy atom. The molecule has 0 aliphatic heterocycles. The van der Waals surface area contributed by atoms with Gasteiger partial charge in [-0.05, 0) is 67.5 Å². The van der Waals surface area contributed by atoms with Crippen LogP contribution >= 0.6 is 0 Å². The molecule has 2 heteroatoms. The maximum atomic E-state index is 3.88. The Balaban J connectivity index is 2.11. The minimum absolute atomic E-state index is 0.666. The van der Waals surface area contributed by atoms with Gasteiger partial charge in [-0.3, -0.25) is 0 Å². The highest BCUT2D eigenvalue weighted by Crippen LogP contribution is 2.39. The minimum Gasteiger partial charge on any atom is -0.340 e. The van der Waals surface area contributed by atoms with E-state index in [4.69, 9.17) is 0 Å². The number of aryl methyl sites for hydroxylation is 2. The molecule has 2 aliphatic carbocycles. The van der Waals surface area contributed by atoms with Crippen LogP contribution in [0.4, 0.5) is 5.69 Å². The maximum Gasteiger partial charge on any atom is 0.122 e. The molecule has 1 N–H and O–H groups in total. The quantitative estimate of drug-likeness (QED) is 0.786. The summed E-state index contributed by atoms with van der Waals surface area (Å²) in [6.07, 6.45) is 7.39. The zero-order valence-corrected chi connectivity index (χ0v) is 10.2. The van der Waals surface area contributed by atoms with E-state index in [0.29, 0.717) is 5.82 Å². The summed E-state index contributed by atoms with van der Waals surface area (Å²) >= 11 is 0. The Labute approximate surface area is 102 Å². The van der Waals surface area contributed by atoms with Crippen molar-refractivity contribution in [2.75, 3.05) is 5.32 Å². The normalized spacial score (nSPS) is 16.5. The molecule has 0 saturated heterocycles. The van der Waals surface area contributed by atoms with Crippen molar-refractivity contribution in [3.63, 3.8) is 0 Å². The highest BCUT2D eigenvalue weighted by Gasteiger charge is 2.23. The van der Waals surface area contributed by atoms with Gasteiger partial charge in [-0.2, -0.15) is 0 Å². The van der Waals surface area contributed by atoms with Crippen molar-refractivity contribution in [1.82, 2.24) is 0 Å². The molecule has 0 bridgehead atoms. The first-order valence-corrected chi connectivity index (χ1v) is 6.38. The van der Waals surface area contributed by atoms with E-state index in [-0.39, 0.29) is 0 Å². The average Bonchev–Trinajstić information content (AvgIpc) is 2.96. The molecular weight excluding hydrogens is 208 g/mol. The molecule has 0 amide bonds. The summed E-state index contributed by atoms with van der Waals surface area (Å²) in [7, 11) is 0. The lowest BCUT2D eigenvalue weighted by Gasteiger charge is -2.16. The molecule has 1 aromatic rings. The van der Waals surface area contributed by atoms with Gasteiger partial charge in [0.25, 0.3) is 0 Å². The van der Waals surface area contributed by atoms with Gasteiger partial charge in [-0.15, -0.1) is 0 Å². The van der Waals surface area contributed by atoms with Gasteiger partial charge in [0, 0.05) is 5.69 Å². The molecule has 0 radical (unpaired) electrons. The number of hydrogen-bond donors (Lipinski definition) is 1. The van der Waals surface area contributed by atoms with Crippen molar-refractivity contribution in [2.24, 2.45) is 4.99 Å². The van der Waals surface area contributed by atoms with Gasteiger partial charge in [0.05, 0.1) is 0 Å². The molecule has 88 valence electrons. The van der Waals surface area contributed by atoms with Crippen molar-refractivity contribution in [3.8, 4) is 0 Å². The smallest absolute Gasteiger partial charge is 0.122 e. The van der Waals surface area contributed by atoms with Crippen LogP contribution < -0.4 is 5.32 Å². The van der Waals surface area contributed by atoms with Crippen molar-refractivity contribution >= 4 is 12.4 Å². The zero-order chi connectivity index (χ0) is 11.8. The number of rotatable bonds is 3. The SMILES string of the molecule is C=NC(=C)Nc1c2c(cc3c1CCC3)CCC2. The monoisotopic (exact) mass is 226 g/mol. The summed E-state index contributed by atoms with van der Waals surface area (Å²) in [5.41, 5.74) is 7.35. The highest BCUT2D eigenvalue weighted by atomic mass is 15.0. The molecule has 17 heavy (non-hydrogen) atoms. The molecule has 0 atom stereocenters. The third-order valence-electron chi connectivity index (χ3n) is 3.93. The van der Waals surface area contributed by atoms with Gasteiger partial charge >= 0.3 is 0 Å². The third kappa shape index (κ3) is 1.68. The molecule has 0 unspecified atom stereocenters. The van der Waals surface area contributed by atoms with Crippen molar-refractivity contribution in [2.45, 2.75) is 38.5 Å². The van der Waals surface area contributed by atoms with E-state index >= 15 is 0 Å². The van der Waals surface area contributed by atoms with Crippen molar-refractivity contribution in [1.29, 1.82) is 0 Å². The fourth-order valence-corrected chi connectivity index (χ4v) is 3.15. The summed E-state index contributed by atoms with van der Waals surface area (Å²) < 4.78 is 0. The van der Waals surface area contributed by atoms with Crippen LogP contribution in [0.3, 0.4) is 0 Å². The predicted molar refractivity (Wildman–Crippen MR) is 72.8 cm³/mol. The lowest BCUT2D eigenvalue weighted by Crippen LogP contribution is -2.04. The number of aliphatic imine (C=N–C) groups is 1. The van der Waals surface area contributed by atoms with E-state index in [1.165, 1.54) is 66.5 Å². The van der Waals surface area contributed by atoms with Crippen LogP contribution in [0.5, 0.6) is 0 Å². The first kappa shape index (κ1) is 10.6. The topological polar surface area (TPSA) is 24.4 Å². The van der Waals surface area contributed by atoms with Gasteiger partial charge < -0.3 is 5.32 Å². The summed E-state index contributed by atoms with van der Waals surface area (Å²) in [5.74, 6) is 0.666. The first-order chi connectivity index (χ1) is 8.29. The van der Waals surface area contributed by atoms with Crippen LogP contribution in [0.1, 0.15) is 35.1 Å². The minimum atomic E-state index is 0.666. The first-order valence-electron chi connectivity index (χ1n) is 6.38. The van der Waals surface area contributed by atoms with Gasteiger partial charge in [0.15, 0.2) is 0 Å². The number of nitrogens with zero attached hydrogens (tertiary/aromatic N) is 1. The molecule has 0 saturated carbocycles. The number of benzene rings is 1. The average molecular weight is 226 g/mol. The Morgan fingerprint density at radius 1 is 1.06 bits per heavy atom. The van der Waals surface area contributed by atoms with E-state index in [1.54, 1.807) is 0 Å². The van der Waals surface area contributed by atoms with Crippen LogP contribution in [0.25, 0.3) is 0 Å². The van der Waals surface area contributed by atoms with Gasteiger partial charge in [0.1, 0.15) is 5.82 Å². The van der Waals surface area contributed by atoms with Crippen LogP contribution in [-0.2, 0) is 25.7 Å². The van der Waals surface area contributed by atoms with Crippen LogP contribution in [0.2, 0.25) is 0 Å². The number of hydrogen-bond acceptors (Lipinski definition) is 2. The summed E-state index contributed by atoms with van der Waals surface area (Å²) in [5, 5.41) is 3.37. The lowest BCUT2D eigenvalue weighted by molar-refractivity contribution is 0.898. The predicted octanol–water partition coefficient (Wildman–Crippen LogP) is 3.25. The molecule has 1 aromatic carbocycles. The number of nitrogens with one attached hydrogen (secondary N) is 1. The van der Waals surface area contributed by atoms with E-state index in [1.807, 2.05) is 0 Å². The number of fused-ring (bicyclic) bond motifs is 2. The Bertz CT molecular complexity index is 468. The summed E-state index contributed by atoms with van der Waals surface area (Å²) in [6.45, 7) is 7.41. The number of anilines is 1.